The first-order chi connectivity index (χ1) is 8.91. The zero-order valence-electron chi connectivity index (χ0n) is 13.8. The monoisotopic (exact) mass is 262 g/mol. The second-order valence-corrected chi connectivity index (χ2v) is 7.94. The molecule has 0 aromatic heterocycles. The van der Waals surface area contributed by atoms with Gasteiger partial charge in [-0.3, -0.25) is 0 Å². The molecule has 0 heterocycles. The van der Waals surface area contributed by atoms with E-state index in [1.165, 1.54) is 44.1 Å². The summed E-state index contributed by atoms with van der Waals surface area (Å²) in [6.07, 6.45) is 8.67. The lowest BCUT2D eigenvalue weighted by molar-refractivity contribution is 0.285. The summed E-state index contributed by atoms with van der Waals surface area (Å²) in [5.41, 5.74) is 2.10. The summed E-state index contributed by atoms with van der Waals surface area (Å²) in [7, 11) is 0. The Balaban J connectivity index is 1.79. The largest absolute Gasteiger partial charge is 0.0993 e. The Hall–Kier alpha value is -0.260. The molecule has 0 spiro atoms. The number of unbranched alkanes of at least 4 members (excludes halogenated alkanes) is 2. The molecule has 2 saturated carbocycles. The van der Waals surface area contributed by atoms with E-state index in [-0.39, 0.29) is 0 Å². The Kier molecular flexibility index (Phi) is 4.48. The van der Waals surface area contributed by atoms with E-state index in [2.05, 4.69) is 41.2 Å². The molecule has 0 aromatic carbocycles. The van der Waals surface area contributed by atoms with Gasteiger partial charge in [-0.1, -0.05) is 72.5 Å². The van der Waals surface area contributed by atoms with Crippen molar-refractivity contribution in [1.82, 2.24) is 0 Å². The fourth-order valence-corrected chi connectivity index (χ4v) is 4.20. The van der Waals surface area contributed by atoms with E-state index in [0.29, 0.717) is 11.3 Å². The van der Waals surface area contributed by atoms with Crippen molar-refractivity contribution in [2.75, 3.05) is 0 Å². The van der Waals surface area contributed by atoms with Gasteiger partial charge >= 0.3 is 0 Å². The number of allylic oxidation sites excluding steroid dienone is 1. The van der Waals surface area contributed by atoms with Crippen LogP contribution in [0.5, 0.6) is 0 Å². The van der Waals surface area contributed by atoms with E-state index in [4.69, 9.17) is 0 Å². The molecule has 0 aromatic rings. The van der Waals surface area contributed by atoms with Crippen molar-refractivity contribution in [3.8, 4) is 0 Å². The molecule has 2 rings (SSSR count). The first kappa shape index (κ1) is 15.1. The quantitative estimate of drug-likeness (QED) is 0.367. The van der Waals surface area contributed by atoms with Gasteiger partial charge in [0.25, 0.3) is 0 Å². The third kappa shape index (κ3) is 3.09. The van der Waals surface area contributed by atoms with Crippen LogP contribution in [-0.2, 0) is 0 Å². The lowest BCUT2D eigenvalue weighted by Crippen LogP contribution is -2.16. The molecule has 5 atom stereocenters. The van der Waals surface area contributed by atoms with Gasteiger partial charge in [0.15, 0.2) is 0 Å². The average molecular weight is 262 g/mol. The number of hydrogen-bond donors (Lipinski definition) is 0. The summed E-state index contributed by atoms with van der Waals surface area (Å²) in [4.78, 5) is 0. The van der Waals surface area contributed by atoms with Crippen molar-refractivity contribution in [3.05, 3.63) is 12.2 Å². The van der Waals surface area contributed by atoms with Crippen LogP contribution in [0.15, 0.2) is 12.2 Å². The molecular formula is C19H34. The Bertz CT molecular complexity index is 327. The van der Waals surface area contributed by atoms with Crippen molar-refractivity contribution in [3.63, 3.8) is 0 Å². The summed E-state index contributed by atoms with van der Waals surface area (Å²) in [6, 6.07) is 0. The normalized spacial score (nSPS) is 38.3. The Morgan fingerprint density at radius 3 is 2.53 bits per heavy atom. The fourth-order valence-electron chi connectivity index (χ4n) is 4.20. The van der Waals surface area contributed by atoms with Crippen molar-refractivity contribution >= 4 is 0 Å². The van der Waals surface area contributed by atoms with Gasteiger partial charge in [-0.25, -0.2) is 0 Å². The van der Waals surface area contributed by atoms with Crippen molar-refractivity contribution in [2.45, 2.75) is 73.1 Å². The molecule has 5 unspecified atom stereocenters. The Morgan fingerprint density at radius 1 is 1.26 bits per heavy atom. The van der Waals surface area contributed by atoms with Crippen LogP contribution < -0.4 is 0 Å². The van der Waals surface area contributed by atoms with Crippen LogP contribution in [0, 0.1) is 35.0 Å². The Labute approximate surface area is 121 Å². The standard InChI is InChI=1S/C19H34/c1-7-8-9-10-16-11-17(16)15(5)19(6)12-18(19)14(4)13(2)3/h13,15-18H,4,7-12H2,1-3,5-6H3. The highest BCUT2D eigenvalue weighted by atomic mass is 14.6. The van der Waals surface area contributed by atoms with Crippen LogP contribution in [0.2, 0.25) is 0 Å². The van der Waals surface area contributed by atoms with E-state index in [1.54, 1.807) is 0 Å². The summed E-state index contributed by atoms with van der Waals surface area (Å²) in [5, 5.41) is 0. The molecule has 0 aliphatic heterocycles. The zero-order valence-corrected chi connectivity index (χ0v) is 13.8. The van der Waals surface area contributed by atoms with Gasteiger partial charge in [0.1, 0.15) is 0 Å². The molecule has 2 aliphatic carbocycles. The number of hydrogen-bond acceptors (Lipinski definition) is 0. The van der Waals surface area contributed by atoms with Gasteiger partial charge in [0.05, 0.1) is 0 Å². The van der Waals surface area contributed by atoms with Gasteiger partial charge in [-0.15, -0.1) is 0 Å². The molecule has 2 aliphatic rings. The highest BCUT2D eigenvalue weighted by Crippen LogP contribution is 2.67. The lowest BCUT2D eigenvalue weighted by Gasteiger charge is -2.23. The molecule has 0 radical (unpaired) electrons. The summed E-state index contributed by atoms with van der Waals surface area (Å²) < 4.78 is 0. The van der Waals surface area contributed by atoms with E-state index >= 15 is 0 Å². The Morgan fingerprint density at radius 2 is 1.95 bits per heavy atom. The minimum Gasteiger partial charge on any atom is -0.0993 e. The van der Waals surface area contributed by atoms with Crippen LogP contribution >= 0.6 is 0 Å². The van der Waals surface area contributed by atoms with E-state index in [1.807, 2.05) is 0 Å². The lowest BCUT2D eigenvalue weighted by atomic mass is 9.82. The van der Waals surface area contributed by atoms with Gasteiger partial charge in [-0.05, 0) is 47.8 Å². The molecule has 0 N–H and O–H groups in total. The predicted molar refractivity (Wildman–Crippen MR) is 85.1 cm³/mol. The molecule has 0 saturated heterocycles. The maximum atomic E-state index is 4.35. The molecule has 19 heavy (non-hydrogen) atoms. The maximum Gasteiger partial charge on any atom is -0.0141 e. The predicted octanol–water partition coefficient (Wildman–Crippen LogP) is 6.08. The van der Waals surface area contributed by atoms with Crippen LogP contribution in [0.25, 0.3) is 0 Å². The van der Waals surface area contributed by atoms with Gasteiger partial charge < -0.3 is 0 Å². The van der Waals surface area contributed by atoms with Crippen LogP contribution in [-0.4, -0.2) is 0 Å². The van der Waals surface area contributed by atoms with Crippen molar-refractivity contribution in [2.24, 2.45) is 35.0 Å². The average Bonchev–Trinajstić information content (AvgIpc) is 3.25. The smallest absolute Gasteiger partial charge is 0.0141 e. The molecule has 0 bridgehead atoms. The first-order valence-corrected chi connectivity index (χ1v) is 8.60. The minimum absolute atomic E-state index is 0.589. The van der Waals surface area contributed by atoms with Crippen molar-refractivity contribution in [1.29, 1.82) is 0 Å². The highest BCUT2D eigenvalue weighted by Gasteiger charge is 2.59. The molecule has 0 amide bonds. The fraction of sp³-hybridized carbons (Fsp3) is 0.895. The molecule has 2 fully saturated rings. The van der Waals surface area contributed by atoms with Gasteiger partial charge in [0, 0.05) is 0 Å². The zero-order chi connectivity index (χ0) is 14.2. The highest BCUT2D eigenvalue weighted by molar-refractivity contribution is 5.21. The molecule has 110 valence electrons. The van der Waals surface area contributed by atoms with Gasteiger partial charge in [-0.2, -0.15) is 0 Å². The van der Waals surface area contributed by atoms with Crippen LogP contribution in [0.4, 0.5) is 0 Å². The van der Waals surface area contributed by atoms with Crippen LogP contribution in [0.3, 0.4) is 0 Å². The van der Waals surface area contributed by atoms with Gasteiger partial charge in [0.2, 0.25) is 0 Å². The van der Waals surface area contributed by atoms with E-state index in [0.717, 1.165) is 23.7 Å². The molecule has 0 heteroatoms. The van der Waals surface area contributed by atoms with Crippen LogP contribution in [0.1, 0.15) is 73.1 Å². The topological polar surface area (TPSA) is 0 Å². The third-order valence-corrected chi connectivity index (χ3v) is 6.31. The second-order valence-electron chi connectivity index (χ2n) is 7.94. The second kappa shape index (κ2) is 5.62. The third-order valence-electron chi connectivity index (χ3n) is 6.31. The number of rotatable bonds is 8. The van der Waals surface area contributed by atoms with E-state index in [9.17, 15) is 0 Å². The first-order valence-electron chi connectivity index (χ1n) is 8.60. The summed E-state index contributed by atoms with van der Waals surface area (Å²) >= 11 is 0. The SMILES string of the molecule is C=C(C(C)C)C1CC1(C)C(C)C1CC1CCCCC. The molecule has 0 nitrogen and oxygen atoms in total. The summed E-state index contributed by atoms with van der Waals surface area (Å²) in [6.45, 7) is 16.3. The summed E-state index contributed by atoms with van der Waals surface area (Å²) in [5.74, 6) is 4.50. The molecular weight excluding hydrogens is 228 g/mol. The maximum absolute atomic E-state index is 4.35. The van der Waals surface area contributed by atoms with E-state index < -0.39 is 0 Å². The van der Waals surface area contributed by atoms with Crippen molar-refractivity contribution < 1.29 is 0 Å². The minimum atomic E-state index is 0.589.